The second-order valence-corrected chi connectivity index (χ2v) is 5.00. The van der Waals surface area contributed by atoms with Crippen LogP contribution in [-0.4, -0.2) is 12.8 Å². The number of carbonyl (C=O) groups excluding carboxylic acids is 1. The number of nitrogens with one attached hydrogen (secondary N) is 1. The summed E-state index contributed by atoms with van der Waals surface area (Å²) in [5, 5.41) is 3.51. The predicted molar refractivity (Wildman–Crippen MR) is 65.9 cm³/mol. The van der Waals surface area contributed by atoms with E-state index in [2.05, 4.69) is 32.2 Å². The molecule has 16 heavy (non-hydrogen) atoms. The molecule has 1 aromatic rings. The van der Waals surface area contributed by atoms with E-state index < -0.39 is 0 Å². The molecule has 86 valence electrons. The van der Waals surface area contributed by atoms with E-state index in [0.717, 1.165) is 30.4 Å². The lowest BCUT2D eigenvalue weighted by Crippen LogP contribution is -2.34. The Labute approximate surface area is 97.1 Å². The van der Waals surface area contributed by atoms with Gasteiger partial charge in [-0.25, -0.2) is 0 Å². The third kappa shape index (κ3) is 1.78. The molecule has 1 fully saturated rings. The van der Waals surface area contributed by atoms with Gasteiger partial charge in [-0.3, -0.25) is 4.79 Å². The van der Waals surface area contributed by atoms with Crippen LogP contribution < -0.4 is 5.32 Å². The molecule has 1 aliphatic rings. The van der Waals surface area contributed by atoms with Crippen LogP contribution >= 0.6 is 0 Å². The van der Waals surface area contributed by atoms with Gasteiger partial charge in [0.25, 0.3) is 0 Å². The number of aldehydes is 1. The summed E-state index contributed by atoms with van der Waals surface area (Å²) in [6.45, 7) is 7.39. The molecule has 1 saturated heterocycles. The van der Waals surface area contributed by atoms with Crippen LogP contribution in [0.3, 0.4) is 0 Å². The van der Waals surface area contributed by atoms with Crippen LogP contribution in [0.15, 0.2) is 12.1 Å². The number of aryl methyl sites for hydroxylation is 2. The van der Waals surface area contributed by atoms with E-state index in [4.69, 9.17) is 0 Å². The molecule has 0 aliphatic carbocycles. The van der Waals surface area contributed by atoms with Gasteiger partial charge in [0.05, 0.1) is 0 Å². The molecule has 0 saturated carbocycles. The zero-order valence-electron chi connectivity index (χ0n) is 10.3. The first-order chi connectivity index (χ1) is 7.57. The average Bonchev–Trinajstić information content (AvgIpc) is 2.69. The van der Waals surface area contributed by atoms with E-state index in [1.54, 1.807) is 0 Å². The summed E-state index contributed by atoms with van der Waals surface area (Å²) in [6.07, 6.45) is 3.27. The molecule has 1 aliphatic heterocycles. The number of rotatable bonds is 2. The van der Waals surface area contributed by atoms with Gasteiger partial charge in [-0.15, -0.1) is 0 Å². The molecule has 2 heteroatoms. The third-order valence-electron chi connectivity index (χ3n) is 3.76. The third-order valence-corrected chi connectivity index (χ3v) is 3.76. The van der Waals surface area contributed by atoms with Crippen molar-refractivity contribution in [2.24, 2.45) is 0 Å². The maximum atomic E-state index is 11.2. The van der Waals surface area contributed by atoms with E-state index in [1.165, 1.54) is 17.5 Å². The summed E-state index contributed by atoms with van der Waals surface area (Å²) >= 11 is 0. The van der Waals surface area contributed by atoms with Crippen molar-refractivity contribution in [1.82, 2.24) is 5.32 Å². The maximum absolute atomic E-state index is 11.2. The van der Waals surface area contributed by atoms with Gasteiger partial charge in [0.2, 0.25) is 0 Å². The molecule has 0 bridgehead atoms. The minimum Gasteiger partial charge on any atom is -0.308 e. The number of benzene rings is 1. The Kier molecular flexibility index (Phi) is 2.85. The first kappa shape index (κ1) is 11.3. The van der Waals surface area contributed by atoms with Crippen molar-refractivity contribution in [3.63, 3.8) is 0 Å². The minimum atomic E-state index is -0.0191. The van der Waals surface area contributed by atoms with Gasteiger partial charge in [-0.05, 0) is 62.9 Å². The largest absolute Gasteiger partial charge is 0.308 e. The highest BCUT2D eigenvalue weighted by Gasteiger charge is 2.32. The molecule has 0 amide bonds. The topological polar surface area (TPSA) is 29.1 Å². The van der Waals surface area contributed by atoms with E-state index in [0.29, 0.717) is 0 Å². The highest BCUT2D eigenvalue weighted by Crippen LogP contribution is 2.33. The van der Waals surface area contributed by atoms with Crippen LogP contribution in [-0.2, 0) is 5.54 Å². The number of hydrogen-bond donors (Lipinski definition) is 1. The minimum absolute atomic E-state index is 0.0191. The lowest BCUT2D eigenvalue weighted by Gasteiger charge is -2.27. The van der Waals surface area contributed by atoms with Crippen LogP contribution in [0.2, 0.25) is 0 Å². The van der Waals surface area contributed by atoms with Crippen molar-refractivity contribution in [2.75, 3.05) is 6.54 Å². The van der Waals surface area contributed by atoms with Gasteiger partial charge in [0.1, 0.15) is 6.29 Å². The zero-order valence-corrected chi connectivity index (χ0v) is 10.3. The quantitative estimate of drug-likeness (QED) is 0.772. The van der Waals surface area contributed by atoms with Crippen LogP contribution in [0, 0.1) is 13.8 Å². The lowest BCUT2D eigenvalue weighted by atomic mass is 9.85. The predicted octanol–water partition coefficient (Wildman–Crippen LogP) is 2.71. The Bertz CT molecular complexity index is 417. The van der Waals surface area contributed by atoms with Gasteiger partial charge < -0.3 is 5.32 Å². The van der Waals surface area contributed by atoms with Crippen molar-refractivity contribution in [3.8, 4) is 0 Å². The van der Waals surface area contributed by atoms with E-state index >= 15 is 0 Å². The van der Waals surface area contributed by atoms with Gasteiger partial charge in [0, 0.05) is 11.1 Å². The summed E-state index contributed by atoms with van der Waals surface area (Å²) < 4.78 is 0. The van der Waals surface area contributed by atoms with Crippen molar-refractivity contribution in [1.29, 1.82) is 0 Å². The smallest absolute Gasteiger partial charge is 0.150 e. The van der Waals surface area contributed by atoms with Crippen molar-refractivity contribution in [2.45, 2.75) is 39.2 Å². The molecule has 2 nitrogen and oxygen atoms in total. The SMILES string of the molecule is Cc1cc(C=O)c(C2(C)CCCN2)cc1C. The van der Waals surface area contributed by atoms with Gasteiger partial charge >= 0.3 is 0 Å². The molecule has 1 aromatic carbocycles. The number of carbonyl (C=O) groups is 1. The molecule has 1 heterocycles. The molecule has 2 rings (SSSR count). The Morgan fingerprint density at radius 1 is 1.31 bits per heavy atom. The summed E-state index contributed by atoms with van der Waals surface area (Å²) in [4.78, 5) is 11.2. The molecule has 1 unspecified atom stereocenters. The Morgan fingerprint density at radius 3 is 2.56 bits per heavy atom. The maximum Gasteiger partial charge on any atom is 0.150 e. The first-order valence-corrected chi connectivity index (χ1v) is 5.89. The molecule has 0 radical (unpaired) electrons. The summed E-state index contributed by atoms with van der Waals surface area (Å²) in [5.74, 6) is 0. The molecule has 0 spiro atoms. The highest BCUT2D eigenvalue weighted by molar-refractivity contribution is 5.78. The summed E-state index contributed by atoms with van der Waals surface area (Å²) in [5.41, 5.74) is 4.42. The van der Waals surface area contributed by atoms with Crippen molar-refractivity contribution >= 4 is 6.29 Å². The molecular formula is C14H19NO. The average molecular weight is 217 g/mol. The second-order valence-electron chi connectivity index (χ2n) is 5.00. The number of hydrogen-bond acceptors (Lipinski definition) is 2. The molecule has 0 aromatic heterocycles. The fourth-order valence-electron chi connectivity index (χ4n) is 2.54. The monoisotopic (exact) mass is 217 g/mol. The fourth-order valence-corrected chi connectivity index (χ4v) is 2.54. The summed E-state index contributed by atoms with van der Waals surface area (Å²) in [6, 6.07) is 4.17. The highest BCUT2D eigenvalue weighted by atomic mass is 16.1. The van der Waals surface area contributed by atoms with Crippen LogP contribution in [0.1, 0.15) is 46.8 Å². The molecular weight excluding hydrogens is 198 g/mol. The van der Waals surface area contributed by atoms with Gasteiger partial charge in [-0.2, -0.15) is 0 Å². The standard InChI is InChI=1S/C14H19NO/c1-10-7-12(9-16)13(8-11(10)2)14(3)5-4-6-15-14/h7-9,15H,4-6H2,1-3H3. The Hall–Kier alpha value is -1.15. The van der Waals surface area contributed by atoms with Gasteiger partial charge in [0.15, 0.2) is 0 Å². The van der Waals surface area contributed by atoms with Gasteiger partial charge in [-0.1, -0.05) is 6.07 Å². The summed E-state index contributed by atoms with van der Waals surface area (Å²) in [7, 11) is 0. The molecule has 1 atom stereocenters. The van der Waals surface area contributed by atoms with Crippen molar-refractivity contribution in [3.05, 3.63) is 34.4 Å². The Morgan fingerprint density at radius 2 is 2.00 bits per heavy atom. The second kappa shape index (κ2) is 4.02. The van der Waals surface area contributed by atoms with E-state index in [9.17, 15) is 4.79 Å². The van der Waals surface area contributed by atoms with E-state index in [-0.39, 0.29) is 5.54 Å². The van der Waals surface area contributed by atoms with Crippen LogP contribution in [0.25, 0.3) is 0 Å². The van der Waals surface area contributed by atoms with Crippen LogP contribution in [0.5, 0.6) is 0 Å². The molecule has 1 N–H and O–H groups in total. The van der Waals surface area contributed by atoms with Crippen molar-refractivity contribution < 1.29 is 4.79 Å². The zero-order chi connectivity index (χ0) is 11.8. The van der Waals surface area contributed by atoms with E-state index in [1.807, 2.05) is 6.07 Å². The first-order valence-electron chi connectivity index (χ1n) is 5.89. The van der Waals surface area contributed by atoms with Crippen LogP contribution in [0.4, 0.5) is 0 Å². The lowest BCUT2D eigenvalue weighted by molar-refractivity contribution is 0.112. The fraction of sp³-hybridized carbons (Fsp3) is 0.500. The Balaban J connectivity index is 2.54. The normalized spacial score (nSPS) is 24.7.